The molecule has 0 radical (unpaired) electrons. The molecule has 3 N–H and O–H groups in total. The minimum Gasteiger partial charge on any atom is -0.383 e. The first kappa shape index (κ1) is 23.0. The average molecular weight is 484 g/mol. The molecule has 2 aromatic carbocycles. The van der Waals surface area contributed by atoms with E-state index in [1.54, 1.807) is 29.9 Å². The van der Waals surface area contributed by atoms with Crippen LogP contribution in [0.3, 0.4) is 0 Å². The third kappa shape index (κ3) is 5.41. The lowest BCUT2D eigenvalue weighted by Gasteiger charge is -2.18. The van der Waals surface area contributed by atoms with E-state index in [9.17, 15) is 4.79 Å². The molecule has 0 fully saturated rings. The lowest BCUT2D eigenvalue weighted by molar-refractivity contribution is 0.156. The summed E-state index contributed by atoms with van der Waals surface area (Å²) in [6.07, 6.45) is 0. The number of nitrogens with two attached hydrogens (primary N) is 1. The Morgan fingerprint density at radius 3 is 2.64 bits per heavy atom. The number of para-hydroxylation sites is 1. The zero-order valence-corrected chi connectivity index (χ0v) is 19.6. The van der Waals surface area contributed by atoms with Gasteiger partial charge < -0.3 is 15.8 Å². The van der Waals surface area contributed by atoms with E-state index in [1.165, 1.54) is 11.8 Å². The van der Waals surface area contributed by atoms with Crippen LogP contribution in [0.15, 0.2) is 58.5 Å². The molecule has 33 heavy (non-hydrogen) atoms. The second kappa shape index (κ2) is 10.2. The fourth-order valence-electron chi connectivity index (χ4n) is 3.28. The quantitative estimate of drug-likeness (QED) is 0.282. The molecule has 9 nitrogen and oxygen atoms in total. The van der Waals surface area contributed by atoms with Crippen LogP contribution in [-0.4, -0.2) is 38.2 Å². The molecule has 0 aliphatic rings. The van der Waals surface area contributed by atoms with Gasteiger partial charge in [0.05, 0.1) is 29.3 Å². The van der Waals surface area contributed by atoms with Crippen LogP contribution in [0.25, 0.3) is 10.9 Å². The first-order valence-corrected chi connectivity index (χ1v) is 11.5. The summed E-state index contributed by atoms with van der Waals surface area (Å²) in [5, 5.41) is 4.83. The van der Waals surface area contributed by atoms with Crippen molar-refractivity contribution in [2.24, 2.45) is 0 Å². The van der Waals surface area contributed by atoms with Crippen LogP contribution in [0.2, 0.25) is 5.02 Å². The molecule has 0 amide bonds. The Morgan fingerprint density at radius 2 is 1.88 bits per heavy atom. The van der Waals surface area contributed by atoms with Crippen molar-refractivity contribution >= 4 is 51.8 Å². The van der Waals surface area contributed by atoms with Crippen molar-refractivity contribution in [2.45, 2.75) is 23.9 Å². The second-order valence-electron chi connectivity index (χ2n) is 7.25. The van der Waals surface area contributed by atoms with Crippen molar-refractivity contribution in [3.8, 4) is 0 Å². The van der Waals surface area contributed by atoms with Crippen LogP contribution < -0.4 is 16.6 Å². The Balaban J connectivity index is 1.62. The summed E-state index contributed by atoms with van der Waals surface area (Å²) < 4.78 is 6.92. The van der Waals surface area contributed by atoms with Crippen molar-refractivity contribution in [3.63, 3.8) is 0 Å². The Morgan fingerprint density at radius 1 is 1.12 bits per heavy atom. The number of ether oxygens (including phenoxy) is 1. The lowest BCUT2D eigenvalue weighted by Crippen LogP contribution is -2.28. The molecule has 0 saturated heterocycles. The number of aromatic nitrogens is 5. The van der Waals surface area contributed by atoms with Gasteiger partial charge >= 0.3 is 0 Å². The SMILES string of the molecule is COC[C@@H](C)n1c(SCc2nc(N)nc(Nc3ccc(Cl)cc3)n2)nc2ccccc2c1=O. The topological polar surface area (TPSA) is 121 Å². The number of nitrogens with one attached hydrogen (secondary N) is 1. The van der Waals surface area contributed by atoms with Gasteiger partial charge in [0.1, 0.15) is 5.82 Å². The molecular formula is C22H22ClN7O2S. The third-order valence-electron chi connectivity index (χ3n) is 4.75. The van der Waals surface area contributed by atoms with Crippen LogP contribution in [0.4, 0.5) is 17.6 Å². The monoisotopic (exact) mass is 483 g/mol. The van der Waals surface area contributed by atoms with Crippen molar-refractivity contribution in [1.29, 1.82) is 0 Å². The van der Waals surface area contributed by atoms with Crippen LogP contribution in [0.5, 0.6) is 0 Å². The predicted octanol–water partition coefficient (Wildman–Crippen LogP) is 4.06. The summed E-state index contributed by atoms with van der Waals surface area (Å²) in [5.74, 6) is 1.20. The summed E-state index contributed by atoms with van der Waals surface area (Å²) in [6.45, 7) is 2.29. The first-order valence-electron chi connectivity index (χ1n) is 10.1. The van der Waals surface area contributed by atoms with Gasteiger partial charge in [-0.2, -0.15) is 15.0 Å². The summed E-state index contributed by atoms with van der Waals surface area (Å²) in [5.41, 5.74) is 7.18. The highest BCUT2D eigenvalue weighted by Gasteiger charge is 2.17. The van der Waals surface area contributed by atoms with Gasteiger partial charge in [0, 0.05) is 17.8 Å². The number of halogens is 1. The Labute approximate surface area is 199 Å². The standard InChI is InChI=1S/C22H22ClN7O2S/c1-13(11-32-2)30-19(31)16-5-3-4-6-17(16)26-22(30)33-12-18-27-20(24)29-21(28-18)25-15-9-7-14(23)8-10-15/h3-10,13H,11-12H2,1-2H3,(H3,24,25,27,28,29)/t13-/m1/s1. The zero-order chi connectivity index (χ0) is 23.4. The van der Waals surface area contributed by atoms with E-state index in [0.29, 0.717) is 45.2 Å². The van der Waals surface area contributed by atoms with Gasteiger partial charge in [-0.3, -0.25) is 9.36 Å². The van der Waals surface area contributed by atoms with Gasteiger partial charge in [-0.1, -0.05) is 35.5 Å². The third-order valence-corrected chi connectivity index (χ3v) is 5.95. The molecule has 11 heteroatoms. The molecule has 170 valence electrons. The molecule has 0 spiro atoms. The summed E-state index contributed by atoms with van der Waals surface area (Å²) in [7, 11) is 1.60. The smallest absolute Gasteiger partial charge is 0.262 e. The Hall–Kier alpha value is -3.21. The van der Waals surface area contributed by atoms with Crippen molar-refractivity contribution in [2.75, 3.05) is 24.8 Å². The molecule has 1 atom stereocenters. The zero-order valence-electron chi connectivity index (χ0n) is 18.0. The van der Waals surface area contributed by atoms with Gasteiger partial charge in [-0.15, -0.1) is 0 Å². The van der Waals surface area contributed by atoms with Crippen molar-refractivity contribution in [3.05, 3.63) is 69.7 Å². The number of nitrogen functional groups attached to an aromatic ring is 1. The van der Waals surface area contributed by atoms with Gasteiger partial charge in [0.15, 0.2) is 5.16 Å². The largest absolute Gasteiger partial charge is 0.383 e. The number of fused-ring (bicyclic) bond motifs is 1. The number of nitrogens with zero attached hydrogens (tertiary/aromatic N) is 5. The molecule has 0 saturated carbocycles. The second-order valence-corrected chi connectivity index (χ2v) is 8.62. The maximum Gasteiger partial charge on any atom is 0.262 e. The first-order chi connectivity index (χ1) is 15.9. The fraction of sp³-hybridized carbons (Fsp3) is 0.227. The van der Waals surface area contributed by atoms with E-state index in [-0.39, 0.29) is 17.5 Å². The number of hydrogen-bond acceptors (Lipinski definition) is 9. The summed E-state index contributed by atoms with van der Waals surface area (Å²) in [4.78, 5) is 30.7. The maximum absolute atomic E-state index is 13.2. The molecule has 0 unspecified atom stereocenters. The molecule has 0 aliphatic carbocycles. The van der Waals surface area contributed by atoms with Gasteiger partial charge in [0.25, 0.3) is 5.56 Å². The minimum absolute atomic E-state index is 0.0914. The highest BCUT2D eigenvalue weighted by Crippen LogP contribution is 2.24. The van der Waals surface area contributed by atoms with Crippen LogP contribution in [-0.2, 0) is 10.5 Å². The van der Waals surface area contributed by atoms with Gasteiger partial charge in [-0.05, 0) is 43.3 Å². The number of thioether (sulfide) groups is 1. The molecule has 4 aromatic rings. The number of benzene rings is 2. The average Bonchev–Trinajstić information content (AvgIpc) is 2.79. The van der Waals surface area contributed by atoms with Crippen LogP contribution in [0.1, 0.15) is 18.8 Å². The van der Waals surface area contributed by atoms with Gasteiger partial charge in [-0.25, -0.2) is 4.98 Å². The van der Waals surface area contributed by atoms with Crippen LogP contribution in [0, 0.1) is 0 Å². The normalized spacial score (nSPS) is 12.1. The van der Waals surface area contributed by atoms with E-state index >= 15 is 0 Å². The molecule has 2 aromatic heterocycles. The van der Waals surface area contributed by atoms with E-state index in [1.807, 2.05) is 37.3 Å². The number of rotatable bonds is 8. The summed E-state index contributed by atoms with van der Waals surface area (Å²) >= 11 is 7.29. The van der Waals surface area contributed by atoms with E-state index < -0.39 is 0 Å². The highest BCUT2D eigenvalue weighted by molar-refractivity contribution is 7.98. The molecule has 0 aliphatic heterocycles. The molecule has 2 heterocycles. The molecular weight excluding hydrogens is 462 g/mol. The summed E-state index contributed by atoms with van der Waals surface area (Å²) in [6, 6.07) is 14.2. The number of anilines is 3. The van der Waals surface area contributed by atoms with Gasteiger partial charge in [0.2, 0.25) is 11.9 Å². The Kier molecular flexibility index (Phi) is 7.07. The van der Waals surface area contributed by atoms with E-state index in [4.69, 9.17) is 27.1 Å². The maximum atomic E-state index is 13.2. The van der Waals surface area contributed by atoms with Crippen LogP contribution >= 0.6 is 23.4 Å². The minimum atomic E-state index is -0.201. The predicted molar refractivity (Wildman–Crippen MR) is 131 cm³/mol. The van der Waals surface area contributed by atoms with Crippen molar-refractivity contribution in [1.82, 2.24) is 24.5 Å². The van der Waals surface area contributed by atoms with E-state index in [0.717, 1.165) is 5.69 Å². The number of hydrogen-bond donors (Lipinski definition) is 2. The highest BCUT2D eigenvalue weighted by atomic mass is 35.5. The molecule has 4 rings (SSSR count). The van der Waals surface area contributed by atoms with E-state index in [2.05, 4.69) is 20.3 Å². The fourth-order valence-corrected chi connectivity index (χ4v) is 4.36. The number of methoxy groups -OCH3 is 1. The Bertz CT molecular complexity index is 1330. The van der Waals surface area contributed by atoms with Crippen molar-refractivity contribution < 1.29 is 4.74 Å². The lowest BCUT2D eigenvalue weighted by atomic mass is 10.2. The molecule has 0 bridgehead atoms.